The summed E-state index contributed by atoms with van der Waals surface area (Å²) in [6.07, 6.45) is 3.65. The number of carbonyl (C=O) groups is 1. The van der Waals surface area contributed by atoms with E-state index >= 15 is 0 Å². The molecule has 0 spiro atoms. The molecule has 1 atom stereocenters. The fourth-order valence-corrected chi connectivity index (χ4v) is 2.70. The number of hydrogen-bond acceptors (Lipinski definition) is 2. The van der Waals surface area contributed by atoms with E-state index in [1.54, 1.807) is 4.90 Å². The van der Waals surface area contributed by atoms with Gasteiger partial charge in [-0.3, -0.25) is 4.79 Å². The van der Waals surface area contributed by atoms with E-state index in [0.29, 0.717) is 13.1 Å². The molecule has 0 aromatic heterocycles. The Hall–Kier alpha value is -1.49. The molecule has 0 bridgehead atoms. The van der Waals surface area contributed by atoms with Gasteiger partial charge in [0.05, 0.1) is 6.42 Å². The molecule has 1 fully saturated rings. The minimum absolute atomic E-state index is 0.0140. The first-order chi connectivity index (χ1) is 9.63. The molecule has 2 rings (SSSR count). The lowest BCUT2D eigenvalue weighted by Crippen LogP contribution is -2.45. The van der Waals surface area contributed by atoms with Crippen molar-refractivity contribution in [3.63, 3.8) is 0 Å². The smallest absolute Gasteiger partial charge is 0.227 e. The molecule has 5 heteroatoms. The highest BCUT2D eigenvalue weighted by Crippen LogP contribution is 2.19. The number of halogens is 2. The molecule has 1 unspecified atom stereocenters. The number of rotatable bonds is 3. The lowest BCUT2D eigenvalue weighted by Gasteiger charge is -2.29. The van der Waals surface area contributed by atoms with Crippen LogP contribution in [0.3, 0.4) is 0 Å². The third kappa shape index (κ3) is 3.33. The van der Waals surface area contributed by atoms with Crippen LogP contribution in [-0.2, 0) is 11.2 Å². The standard InChI is InChI=1S/C15H20F2N2O/c16-13-6-4-7-14(17)12(13)9-15(20)19-8-3-1-2-5-11(19)10-18/h4,6-7,11H,1-3,5,8-10,18H2. The van der Waals surface area contributed by atoms with Crippen molar-refractivity contribution >= 4 is 5.91 Å². The maximum atomic E-state index is 13.6. The average molecular weight is 282 g/mol. The summed E-state index contributed by atoms with van der Waals surface area (Å²) < 4.78 is 27.2. The number of nitrogens with zero attached hydrogens (tertiary/aromatic N) is 1. The highest BCUT2D eigenvalue weighted by atomic mass is 19.1. The first-order valence-corrected chi connectivity index (χ1v) is 7.06. The summed E-state index contributed by atoms with van der Waals surface area (Å²) in [7, 11) is 0. The van der Waals surface area contributed by atoms with Crippen molar-refractivity contribution in [2.45, 2.75) is 38.1 Å². The van der Waals surface area contributed by atoms with Crippen LogP contribution in [0.2, 0.25) is 0 Å². The Labute approximate surface area is 117 Å². The molecular weight excluding hydrogens is 262 g/mol. The van der Waals surface area contributed by atoms with Crippen LogP contribution in [0.1, 0.15) is 31.2 Å². The molecule has 0 radical (unpaired) electrons. The summed E-state index contributed by atoms with van der Waals surface area (Å²) >= 11 is 0. The Kier molecular flexibility index (Phi) is 5.06. The summed E-state index contributed by atoms with van der Waals surface area (Å²) in [5.41, 5.74) is 5.56. The van der Waals surface area contributed by atoms with Gasteiger partial charge in [0.1, 0.15) is 11.6 Å². The highest BCUT2D eigenvalue weighted by Gasteiger charge is 2.25. The van der Waals surface area contributed by atoms with Crippen LogP contribution in [0.5, 0.6) is 0 Å². The van der Waals surface area contributed by atoms with Gasteiger partial charge in [0.25, 0.3) is 0 Å². The van der Waals surface area contributed by atoms with Crippen LogP contribution in [-0.4, -0.2) is 29.9 Å². The third-order valence-electron chi connectivity index (χ3n) is 3.86. The molecule has 1 aliphatic heterocycles. The molecule has 1 amide bonds. The second-order valence-electron chi connectivity index (χ2n) is 5.20. The summed E-state index contributed by atoms with van der Waals surface area (Å²) in [4.78, 5) is 14.0. The van der Waals surface area contributed by atoms with Gasteiger partial charge in [0.15, 0.2) is 0 Å². The molecule has 110 valence electrons. The van der Waals surface area contributed by atoms with E-state index in [1.165, 1.54) is 18.2 Å². The Morgan fingerprint density at radius 2 is 1.95 bits per heavy atom. The van der Waals surface area contributed by atoms with Crippen LogP contribution >= 0.6 is 0 Å². The van der Waals surface area contributed by atoms with Crippen molar-refractivity contribution in [3.8, 4) is 0 Å². The van der Waals surface area contributed by atoms with Crippen LogP contribution in [0.25, 0.3) is 0 Å². The molecule has 20 heavy (non-hydrogen) atoms. The Bertz CT molecular complexity index is 459. The molecule has 0 saturated carbocycles. The van der Waals surface area contributed by atoms with Gasteiger partial charge in [-0.05, 0) is 25.0 Å². The molecule has 1 heterocycles. The lowest BCUT2D eigenvalue weighted by molar-refractivity contribution is -0.132. The second kappa shape index (κ2) is 6.79. The Balaban J connectivity index is 2.13. The van der Waals surface area contributed by atoms with Gasteiger partial charge in [-0.1, -0.05) is 18.9 Å². The minimum Gasteiger partial charge on any atom is -0.338 e. The largest absolute Gasteiger partial charge is 0.338 e. The van der Waals surface area contributed by atoms with Gasteiger partial charge in [-0.25, -0.2) is 8.78 Å². The van der Waals surface area contributed by atoms with Crippen LogP contribution < -0.4 is 5.73 Å². The average Bonchev–Trinajstić information content (AvgIpc) is 2.68. The first kappa shape index (κ1) is 14.9. The summed E-state index contributed by atoms with van der Waals surface area (Å²) in [6.45, 7) is 1.02. The molecule has 1 saturated heterocycles. The monoisotopic (exact) mass is 282 g/mol. The van der Waals surface area contributed by atoms with E-state index in [1.807, 2.05) is 0 Å². The van der Waals surface area contributed by atoms with E-state index < -0.39 is 11.6 Å². The van der Waals surface area contributed by atoms with Gasteiger partial charge in [-0.15, -0.1) is 0 Å². The fraction of sp³-hybridized carbons (Fsp3) is 0.533. The van der Waals surface area contributed by atoms with Crippen molar-refractivity contribution in [3.05, 3.63) is 35.4 Å². The molecule has 1 aromatic carbocycles. The normalized spacial score (nSPS) is 19.8. The Morgan fingerprint density at radius 1 is 1.25 bits per heavy atom. The van der Waals surface area contributed by atoms with Crippen molar-refractivity contribution in [2.24, 2.45) is 5.73 Å². The molecule has 2 N–H and O–H groups in total. The quantitative estimate of drug-likeness (QED) is 0.924. The summed E-state index contributed by atoms with van der Waals surface area (Å²) in [5.74, 6) is -1.58. The number of amides is 1. The van der Waals surface area contributed by atoms with E-state index in [2.05, 4.69) is 0 Å². The van der Waals surface area contributed by atoms with E-state index in [-0.39, 0.29) is 23.9 Å². The van der Waals surface area contributed by atoms with Gasteiger partial charge >= 0.3 is 0 Å². The zero-order valence-electron chi connectivity index (χ0n) is 11.4. The minimum atomic E-state index is -0.669. The van der Waals surface area contributed by atoms with Crippen molar-refractivity contribution < 1.29 is 13.6 Å². The first-order valence-electron chi connectivity index (χ1n) is 7.06. The third-order valence-corrected chi connectivity index (χ3v) is 3.86. The predicted octanol–water partition coefficient (Wildman–Crippen LogP) is 2.24. The van der Waals surface area contributed by atoms with Gasteiger partial charge in [-0.2, -0.15) is 0 Å². The number of likely N-dealkylation sites (tertiary alicyclic amines) is 1. The van der Waals surface area contributed by atoms with Crippen LogP contribution in [0.4, 0.5) is 8.78 Å². The fourth-order valence-electron chi connectivity index (χ4n) is 2.70. The SMILES string of the molecule is NCC1CCCCCN1C(=O)Cc1c(F)cccc1F. The number of carbonyl (C=O) groups excluding carboxylic acids is 1. The van der Waals surface area contributed by atoms with E-state index in [4.69, 9.17) is 5.73 Å². The van der Waals surface area contributed by atoms with E-state index in [0.717, 1.165) is 25.7 Å². The van der Waals surface area contributed by atoms with Crippen molar-refractivity contribution in [1.82, 2.24) is 4.90 Å². The number of nitrogens with two attached hydrogens (primary N) is 1. The van der Waals surface area contributed by atoms with E-state index in [9.17, 15) is 13.6 Å². The molecule has 1 aromatic rings. The maximum absolute atomic E-state index is 13.6. The Morgan fingerprint density at radius 3 is 2.60 bits per heavy atom. The molecular formula is C15H20F2N2O. The summed E-state index contributed by atoms with van der Waals surface area (Å²) in [5, 5.41) is 0. The molecule has 0 aliphatic carbocycles. The van der Waals surface area contributed by atoms with Crippen molar-refractivity contribution in [1.29, 1.82) is 0 Å². The molecule has 3 nitrogen and oxygen atoms in total. The van der Waals surface area contributed by atoms with Gasteiger partial charge in [0, 0.05) is 24.7 Å². The zero-order chi connectivity index (χ0) is 14.5. The van der Waals surface area contributed by atoms with Crippen LogP contribution in [0.15, 0.2) is 18.2 Å². The second-order valence-corrected chi connectivity index (χ2v) is 5.20. The number of hydrogen-bond donors (Lipinski definition) is 1. The predicted molar refractivity (Wildman–Crippen MR) is 73.1 cm³/mol. The van der Waals surface area contributed by atoms with Gasteiger partial charge < -0.3 is 10.6 Å². The van der Waals surface area contributed by atoms with Crippen molar-refractivity contribution in [2.75, 3.05) is 13.1 Å². The summed E-state index contributed by atoms with van der Waals surface area (Å²) in [6, 6.07) is 3.64. The molecule has 1 aliphatic rings. The topological polar surface area (TPSA) is 46.3 Å². The zero-order valence-corrected chi connectivity index (χ0v) is 11.4. The maximum Gasteiger partial charge on any atom is 0.227 e. The highest BCUT2D eigenvalue weighted by molar-refractivity contribution is 5.79. The van der Waals surface area contributed by atoms with Crippen LogP contribution in [0, 0.1) is 11.6 Å². The van der Waals surface area contributed by atoms with Gasteiger partial charge in [0.2, 0.25) is 5.91 Å². The lowest BCUT2D eigenvalue weighted by atomic mass is 10.1. The number of benzene rings is 1.